The molecule has 1 aromatic heterocycles. The van der Waals surface area contributed by atoms with Crippen molar-refractivity contribution in [2.45, 2.75) is 20.4 Å². The van der Waals surface area contributed by atoms with E-state index >= 15 is 0 Å². The molecular formula is C18H17N3O4S. The molecule has 8 heteroatoms. The Morgan fingerprint density at radius 3 is 2.69 bits per heavy atom. The lowest BCUT2D eigenvalue weighted by Gasteiger charge is -2.07. The molecule has 0 saturated carbocycles. The Bertz CT molecular complexity index is 1080. The van der Waals surface area contributed by atoms with Crippen molar-refractivity contribution in [1.29, 1.82) is 0 Å². The molecule has 3 rings (SSSR count). The van der Waals surface area contributed by atoms with Gasteiger partial charge in [-0.3, -0.25) is 14.9 Å². The summed E-state index contributed by atoms with van der Waals surface area (Å²) in [6.45, 7) is 4.51. The zero-order valence-electron chi connectivity index (χ0n) is 14.6. The highest BCUT2D eigenvalue weighted by molar-refractivity contribution is 7.16. The summed E-state index contributed by atoms with van der Waals surface area (Å²) in [6.07, 6.45) is 0. The first-order valence-corrected chi connectivity index (χ1v) is 8.79. The number of aryl methyl sites for hydroxylation is 2. The lowest BCUT2D eigenvalue weighted by atomic mass is 10.2. The maximum Gasteiger partial charge on any atom is 0.286 e. The predicted octanol–water partition coefficient (Wildman–Crippen LogP) is 3.69. The van der Waals surface area contributed by atoms with Crippen LogP contribution in [0.5, 0.6) is 5.75 Å². The molecular weight excluding hydrogens is 354 g/mol. The Kier molecular flexibility index (Phi) is 4.85. The average Bonchev–Trinajstić information content (AvgIpc) is 3.01. The number of hydrogen-bond acceptors (Lipinski definition) is 5. The minimum absolute atomic E-state index is 0.0266. The van der Waals surface area contributed by atoms with Crippen molar-refractivity contribution in [2.24, 2.45) is 4.99 Å². The van der Waals surface area contributed by atoms with Crippen LogP contribution in [0.15, 0.2) is 41.4 Å². The largest absolute Gasteiger partial charge is 0.495 e. The molecule has 0 saturated heterocycles. The van der Waals surface area contributed by atoms with E-state index in [4.69, 9.17) is 4.74 Å². The number of nitrogens with zero attached hydrogens (tertiary/aromatic N) is 3. The molecule has 0 aliphatic carbocycles. The van der Waals surface area contributed by atoms with E-state index in [1.165, 1.54) is 29.5 Å². The number of para-hydroxylation sites is 1. The Morgan fingerprint density at radius 2 is 2.04 bits per heavy atom. The summed E-state index contributed by atoms with van der Waals surface area (Å²) >= 11 is 1.37. The second-order valence-corrected chi connectivity index (χ2v) is 6.56. The van der Waals surface area contributed by atoms with Crippen LogP contribution in [0.1, 0.15) is 22.8 Å². The van der Waals surface area contributed by atoms with E-state index in [2.05, 4.69) is 4.99 Å². The minimum atomic E-state index is -0.636. The van der Waals surface area contributed by atoms with Gasteiger partial charge in [0.2, 0.25) is 0 Å². The van der Waals surface area contributed by atoms with Gasteiger partial charge in [0.1, 0.15) is 16.8 Å². The lowest BCUT2D eigenvalue weighted by Crippen LogP contribution is -2.16. The van der Waals surface area contributed by atoms with Crippen molar-refractivity contribution in [3.8, 4) is 5.75 Å². The number of benzene rings is 2. The molecule has 0 unspecified atom stereocenters. The lowest BCUT2D eigenvalue weighted by molar-refractivity contribution is -0.385. The third-order valence-corrected chi connectivity index (χ3v) is 5.26. The van der Waals surface area contributed by atoms with Gasteiger partial charge >= 0.3 is 0 Å². The number of hydrogen-bond donors (Lipinski definition) is 0. The first-order valence-electron chi connectivity index (χ1n) is 7.97. The van der Waals surface area contributed by atoms with E-state index < -0.39 is 10.8 Å². The number of nitro benzene ring substituents is 1. The number of fused-ring (bicyclic) bond motifs is 1. The Labute approximate surface area is 153 Å². The number of amides is 1. The zero-order valence-corrected chi connectivity index (χ0v) is 15.4. The first-order chi connectivity index (χ1) is 12.5. The highest BCUT2D eigenvalue weighted by Gasteiger charge is 2.20. The molecule has 0 spiro atoms. The number of ether oxygens (including phenoxy) is 1. The highest BCUT2D eigenvalue weighted by Crippen LogP contribution is 2.30. The van der Waals surface area contributed by atoms with Crippen LogP contribution in [0, 0.1) is 17.0 Å². The van der Waals surface area contributed by atoms with Gasteiger partial charge in [0, 0.05) is 12.6 Å². The molecule has 26 heavy (non-hydrogen) atoms. The molecule has 3 aromatic rings. The van der Waals surface area contributed by atoms with Crippen molar-refractivity contribution in [2.75, 3.05) is 7.11 Å². The molecule has 0 aliphatic heterocycles. The van der Waals surface area contributed by atoms with E-state index in [0.29, 0.717) is 17.1 Å². The number of methoxy groups -OCH3 is 1. The minimum Gasteiger partial charge on any atom is -0.495 e. The summed E-state index contributed by atoms with van der Waals surface area (Å²) < 4.78 is 8.31. The molecule has 0 atom stereocenters. The molecule has 2 aromatic carbocycles. The maximum atomic E-state index is 12.6. The molecule has 0 aliphatic rings. The average molecular weight is 371 g/mol. The predicted molar refractivity (Wildman–Crippen MR) is 99.8 cm³/mol. The van der Waals surface area contributed by atoms with Crippen LogP contribution in [0.4, 0.5) is 5.69 Å². The summed E-state index contributed by atoms with van der Waals surface area (Å²) in [5.74, 6) is 0.0611. The SMILES string of the molecule is CCn1c(=NC(=O)c2ccccc2[N+](=O)[O-])sc2c(C)ccc(OC)c21. The van der Waals surface area contributed by atoms with Gasteiger partial charge in [-0.2, -0.15) is 4.99 Å². The van der Waals surface area contributed by atoms with Gasteiger partial charge in [-0.1, -0.05) is 29.5 Å². The van der Waals surface area contributed by atoms with Crippen molar-refractivity contribution in [1.82, 2.24) is 4.57 Å². The van der Waals surface area contributed by atoms with Crippen molar-refractivity contribution in [3.63, 3.8) is 0 Å². The summed E-state index contributed by atoms with van der Waals surface area (Å²) in [7, 11) is 1.59. The van der Waals surface area contributed by atoms with Crippen LogP contribution in [-0.2, 0) is 6.54 Å². The van der Waals surface area contributed by atoms with Gasteiger partial charge < -0.3 is 9.30 Å². The van der Waals surface area contributed by atoms with E-state index in [1.807, 2.05) is 30.5 Å². The first kappa shape index (κ1) is 17.8. The summed E-state index contributed by atoms with van der Waals surface area (Å²) in [4.78, 5) is 27.9. The summed E-state index contributed by atoms with van der Waals surface area (Å²) in [5, 5.41) is 11.2. The summed E-state index contributed by atoms with van der Waals surface area (Å²) in [5.41, 5.74) is 1.64. The van der Waals surface area contributed by atoms with E-state index in [0.717, 1.165) is 15.8 Å². The zero-order chi connectivity index (χ0) is 18.8. The molecule has 1 heterocycles. The van der Waals surface area contributed by atoms with E-state index in [9.17, 15) is 14.9 Å². The third-order valence-electron chi connectivity index (χ3n) is 4.05. The van der Waals surface area contributed by atoms with Crippen molar-refractivity contribution >= 4 is 33.1 Å². The van der Waals surface area contributed by atoms with Gasteiger partial charge in [-0.05, 0) is 31.5 Å². The van der Waals surface area contributed by atoms with Crippen LogP contribution in [0.25, 0.3) is 10.2 Å². The van der Waals surface area contributed by atoms with Gasteiger partial charge in [0.15, 0.2) is 4.80 Å². The van der Waals surface area contributed by atoms with Crippen LogP contribution in [0.2, 0.25) is 0 Å². The van der Waals surface area contributed by atoms with Crippen molar-refractivity contribution < 1.29 is 14.5 Å². The van der Waals surface area contributed by atoms with Crippen LogP contribution < -0.4 is 9.54 Å². The third kappa shape index (κ3) is 2.99. The van der Waals surface area contributed by atoms with Gasteiger partial charge in [-0.25, -0.2) is 0 Å². The molecule has 0 N–H and O–H groups in total. The topological polar surface area (TPSA) is 86.7 Å². The number of rotatable bonds is 4. The fourth-order valence-corrected chi connectivity index (χ4v) is 3.96. The second kappa shape index (κ2) is 7.09. The second-order valence-electron chi connectivity index (χ2n) is 5.58. The number of nitro groups is 1. The van der Waals surface area contributed by atoms with E-state index in [-0.39, 0.29) is 11.3 Å². The van der Waals surface area contributed by atoms with Gasteiger partial charge in [-0.15, -0.1) is 0 Å². The number of carbonyl (C=O) groups excluding carboxylic acids is 1. The highest BCUT2D eigenvalue weighted by atomic mass is 32.1. The Hall–Kier alpha value is -3.00. The maximum absolute atomic E-state index is 12.6. The van der Waals surface area contributed by atoms with E-state index in [1.54, 1.807) is 13.2 Å². The van der Waals surface area contributed by atoms with Gasteiger partial charge in [0.05, 0.1) is 16.7 Å². The Balaban J connectivity index is 2.24. The fraction of sp³-hybridized carbons (Fsp3) is 0.222. The van der Waals surface area contributed by atoms with Crippen LogP contribution >= 0.6 is 11.3 Å². The van der Waals surface area contributed by atoms with Crippen molar-refractivity contribution in [3.05, 3.63) is 62.4 Å². The monoisotopic (exact) mass is 371 g/mol. The Morgan fingerprint density at radius 1 is 1.31 bits per heavy atom. The molecule has 0 fully saturated rings. The number of thiazole rings is 1. The van der Waals surface area contributed by atoms with Gasteiger partial charge in [0.25, 0.3) is 11.6 Å². The molecule has 7 nitrogen and oxygen atoms in total. The molecule has 1 amide bonds. The standard InChI is InChI=1S/C18H17N3O4S/c1-4-20-15-14(25-3)10-9-11(2)16(15)26-18(20)19-17(22)12-7-5-6-8-13(12)21(23)24/h5-10H,4H2,1-3H3. The molecule has 0 bridgehead atoms. The fourth-order valence-electron chi connectivity index (χ4n) is 2.78. The molecule has 0 radical (unpaired) electrons. The quantitative estimate of drug-likeness (QED) is 0.517. The number of aromatic nitrogens is 1. The van der Waals surface area contributed by atoms with Crippen LogP contribution in [0.3, 0.4) is 0 Å². The normalized spacial score (nSPS) is 11.7. The summed E-state index contributed by atoms with van der Waals surface area (Å²) in [6, 6.07) is 9.65. The van der Waals surface area contributed by atoms with Crippen LogP contribution in [-0.4, -0.2) is 22.5 Å². The molecule has 134 valence electrons. The smallest absolute Gasteiger partial charge is 0.286 e. The number of carbonyl (C=O) groups is 1.